The average Bonchev–Trinajstić information content (AvgIpc) is 2.71. The summed E-state index contributed by atoms with van der Waals surface area (Å²) in [6.07, 6.45) is 6.47. The van der Waals surface area contributed by atoms with Gasteiger partial charge in [-0.25, -0.2) is 0 Å². The van der Waals surface area contributed by atoms with Crippen LogP contribution >= 0.6 is 11.8 Å². The van der Waals surface area contributed by atoms with Crippen molar-refractivity contribution in [3.05, 3.63) is 0 Å². The molecule has 100 valence electrons. The molecule has 0 bridgehead atoms. The lowest BCUT2D eigenvalue weighted by Gasteiger charge is -2.28. The molecular weight excluding hydrogens is 234 g/mol. The molecule has 0 amide bonds. The second-order valence-corrected chi connectivity index (χ2v) is 6.10. The van der Waals surface area contributed by atoms with Crippen molar-refractivity contribution in [3.63, 3.8) is 0 Å². The van der Waals surface area contributed by atoms with Crippen molar-refractivity contribution >= 4 is 17.7 Å². The highest BCUT2D eigenvalue weighted by atomic mass is 32.2. The van der Waals surface area contributed by atoms with Crippen molar-refractivity contribution in [3.8, 4) is 0 Å². The van der Waals surface area contributed by atoms with Crippen molar-refractivity contribution in [2.75, 3.05) is 18.6 Å². The Morgan fingerprint density at radius 2 is 2.29 bits per heavy atom. The minimum atomic E-state index is -0.708. The highest BCUT2D eigenvalue weighted by molar-refractivity contribution is 7.99. The second-order valence-electron chi connectivity index (χ2n) is 4.88. The number of rotatable bonds is 7. The first-order valence-electron chi connectivity index (χ1n) is 6.60. The molecule has 0 radical (unpaired) electrons. The normalized spacial score (nSPS) is 28.3. The van der Waals surface area contributed by atoms with Gasteiger partial charge >= 0.3 is 5.97 Å². The molecule has 1 rings (SSSR count). The number of methoxy groups -OCH3 is 1. The lowest BCUT2D eigenvalue weighted by atomic mass is 9.86. The van der Waals surface area contributed by atoms with Gasteiger partial charge in [0.15, 0.2) is 0 Å². The van der Waals surface area contributed by atoms with Crippen molar-refractivity contribution in [2.24, 2.45) is 11.7 Å². The molecule has 0 saturated heterocycles. The molecule has 2 unspecified atom stereocenters. The summed E-state index contributed by atoms with van der Waals surface area (Å²) in [6.45, 7) is 2.21. The summed E-state index contributed by atoms with van der Waals surface area (Å²) in [7, 11) is 1.43. The van der Waals surface area contributed by atoms with Gasteiger partial charge in [0.2, 0.25) is 0 Å². The van der Waals surface area contributed by atoms with E-state index in [1.54, 1.807) is 0 Å². The summed E-state index contributed by atoms with van der Waals surface area (Å²) in [4.78, 5) is 11.7. The van der Waals surface area contributed by atoms with Crippen LogP contribution < -0.4 is 5.73 Å². The quantitative estimate of drug-likeness (QED) is 0.564. The summed E-state index contributed by atoms with van der Waals surface area (Å²) < 4.78 is 4.84. The Morgan fingerprint density at radius 1 is 1.53 bits per heavy atom. The second kappa shape index (κ2) is 7.27. The number of nitrogens with two attached hydrogens (primary N) is 1. The Kier molecular flexibility index (Phi) is 6.34. The van der Waals surface area contributed by atoms with E-state index in [0.29, 0.717) is 5.92 Å². The van der Waals surface area contributed by atoms with E-state index in [0.717, 1.165) is 31.4 Å². The molecule has 0 aliphatic heterocycles. The molecule has 2 atom stereocenters. The van der Waals surface area contributed by atoms with E-state index in [-0.39, 0.29) is 5.97 Å². The highest BCUT2D eigenvalue weighted by Crippen LogP contribution is 2.37. The van der Waals surface area contributed by atoms with Gasteiger partial charge in [0, 0.05) is 0 Å². The summed E-state index contributed by atoms with van der Waals surface area (Å²) >= 11 is 1.98. The van der Waals surface area contributed by atoms with E-state index < -0.39 is 5.54 Å². The molecular formula is C13H25NO2S. The van der Waals surface area contributed by atoms with E-state index in [9.17, 15) is 4.79 Å². The maximum Gasteiger partial charge on any atom is 0.326 e. The molecule has 1 fully saturated rings. The summed E-state index contributed by atoms with van der Waals surface area (Å²) in [5.41, 5.74) is 5.51. The van der Waals surface area contributed by atoms with Crippen molar-refractivity contribution in [2.45, 2.75) is 51.0 Å². The number of hydrogen-bond donors (Lipinski definition) is 1. The smallest absolute Gasteiger partial charge is 0.326 e. The fraction of sp³-hybridized carbons (Fsp3) is 0.923. The number of ether oxygens (including phenoxy) is 1. The first kappa shape index (κ1) is 14.8. The van der Waals surface area contributed by atoms with Crippen LogP contribution in [0.15, 0.2) is 0 Å². The van der Waals surface area contributed by atoms with Crippen LogP contribution in [0, 0.1) is 5.92 Å². The number of carbonyl (C=O) groups is 1. The molecule has 0 aromatic heterocycles. The Bertz CT molecular complexity index is 248. The van der Waals surface area contributed by atoms with E-state index >= 15 is 0 Å². The van der Waals surface area contributed by atoms with Gasteiger partial charge in [-0.1, -0.05) is 19.8 Å². The molecule has 1 aliphatic carbocycles. The Labute approximate surface area is 109 Å². The maximum atomic E-state index is 11.7. The van der Waals surface area contributed by atoms with Crippen LogP contribution in [0.4, 0.5) is 0 Å². The van der Waals surface area contributed by atoms with E-state index in [4.69, 9.17) is 10.5 Å². The van der Waals surface area contributed by atoms with Crippen molar-refractivity contribution in [1.82, 2.24) is 0 Å². The van der Waals surface area contributed by atoms with Gasteiger partial charge in [0.1, 0.15) is 5.54 Å². The van der Waals surface area contributed by atoms with Crippen LogP contribution in [-0.2, 0) is 9.53 Å². The molecule has 0 heterocycles. The van der Waals surface area contributed by atoms with Crippen molar-refractivity contribution < 1.29 is 9.53 Å². The molecule has 0 aromatic carbocycles. The minimum Gasteiger partial charge on any atom is -0.468 e. The third-order valence-electron chi connectivity index (χ3n) is 3.69. The van der Waals surface area contributed by atoms with Gasteiger partial charge in [-0.15, -0.1) is 0 Å². The number of hydrogen-bond acceptors (Lipinski definition) is 4. The summed E-state index contributed by atoms with van der Waals surface area (Å²) in [5.74, 6) is 2.42. The molecule has 1 saturated carbocycles. The van der Waals surface area contributed by atoms with Crippen LogP contribution in [0.3, 0.4) is 0 Å². The van der Waals surface area contributed by atoms with Crippen molar-refractivity contribution in [1.29, 1.82) is 0 Å². The topological polar surface area (TPSA) is 52.3 Å². The number of thioether (sulfide) groups is 1. The fourth-order valence-corrected chi connectivity index (χ4v) is 3.69. The van der Waals surface area contributed by atoms with Crippen LogP contribution in [0.5, 0.6) is 0 Å². The Balaban J connectivity index is 2.34. The Morgan fingerprint density at radius 3 is 2.94 bits per heavy atom. The predicted octanol–water partition coefficient (Wildman–Crippen LogP) is 2.58. The standard InChI is InChI=1S/C13H25NO2S/c1-3-4-9-17-10-7-11-6-5-8-13(11,14)12(15)16-2/h11H,3-10,14H2,1-2H3. The van der Waals surface area contributed by atoms with E-state index in [2.05, 4.69) is 6.92 Å². The zero-order valence-electron chi connectivity index (χ0n) is 11.0. The highest BCUT2D eigenvalue weighted by Gasteiger charge is 2.46. The van der Waals surface area contributed by atoms with Gasteiger partial charge in [0.05, 0.1) is 7.11 Å². The minimum absolute atomic E-state index is 0.224. The van der Waals surface area contributed by atoms with Crippen LogP contribution in [0.2, 0.25) is 0 Å². The lowest BCUT2D eigenvalue weighted by molar-refractivity contribution is -0.148. The lowest BCUT2D eigenvalue weighted by Crippen LogP contribution is -2.51. The molecule has 17 heavy (non-hydrogen) atoms. The predicted molar refractivity (Wildman–Crippen MR) is 73.1 cm³/mol. The first-order valence-corrected chi connectivity index (χ1v) is 7.75. The molecule has 0 spiro atoms. The fourth-order valence-electron chi connectivity index (χ4n) is 2.54. The number of esters is 1. The van der Waals surface area contributed by atoms with Gasteiger partial charge < -0.3 is 10.5 Å². The molecule has 3 nitrogen and oxygen atoms in total. The van der Waals surface area contributed by atoms with E-state index in [1.165, 1.54) is 25.7 Å². The van der Waals surface area contributed by atoms with Crippen LogP contribution in [0.1, 0.15) is 45.4 Å². The van der Waals surface area contributed by atoms with Gasteiger partial charge in [-0.05, 0) is 43.1 Å². The largest absolute Gasteiger partial charge is 0.468 e. The molecule has 0 aromatic rings. The zero-order chi connectivity index (χ0) is 12.7. The van der Waals surface area contributed by atoms with Gasteiger partial charge in [-0.2, -0.15) is 11.8 Å². The van der Waals surface area contributed by atoms with Crippen LogP contribution in [0.25, 0.3) is 0 Å². The van der Waals surface area contributed by atoms with Crippen LogP contribution in [-0.4, -0.2) is 30.1 Å². The zero-order valence-corrected chi connectivity index (χ0v) is 11.9. The molecule has 2 N–H and O–H groups in total. The Hall–Kier alpha value is -0.220. The number of unbranched alkanes of at least 4 members (excludes halogenated alkanes) is 1. The molecule has 1 aliphatic rings. The maximum absolute atomic E-state index is 11.7. The SMILES string of the molecule is CCCCSCCC1CCCC1(N)C(=O)OC. The van der Waals surface area contributed by atoms with E-state index in [1.807, 2.05) is 11.8 Å². The summed E-state index contributed by atoms with van der Waals surface area (Å²) in [6, 6.07) is 0. The monoisotopic (exact) mass is 259 g/mol. The average molecular weight is 259 g/mol. The first-order chi connectivity index (χ1) is 8.15. The molecule has 4 heteroatoms. The summed E-state index contributed by atoms with van der Waals surface area (Å²) in [5, 5.41) is 0. The van der Waals surface area contributed by atoms with Gasteiger partial charge in [0.25, 0.3) is 0 Å². The third kappa shape index (κ3) is 3.88. The number of carbonyl (C=O) groups excluding carboxylic acids is 1. The van der Waals surface area contributed by atoms with Gasteiger partial charge in [-0.3, -0.25) is 4.79 Å². The third-order valence-corrected chi connectivity index (χ3v) is 4.79.